The van der Waals surface area contributed by atoms with Gasteiger partial charge in [-0.05, 0) is 38.9 Å². The average Bonchev–Trinajstić information content (AvgIpc) is 2.67. The van der Waals surface area contributed by atoms with Gasteiger partial charge in [-0.3, -0.25) is 0 Å². The number of piperazine rings is 1. The first-order chi connectivity index (χ1) is 12.6. The quantitative estimate of drug-likeness (QED) is 0.913. The first kappa shape index (κ1) is 17.1. The molecule has 0 aliphatic carbocycles. The van der Waals surface area contributed by atoms with Crippen LogP contribution < -0.4 is 19.9 Å². The van der Waals surface area contributed by atoms with Crippen LogP contribution in [-0.2, 0) is 13.0 Å². The van der Waals surface area contributed by atoms with Gasteiger partial charge in [0, 0.05) is 31.7 Å². The predicted octanol–water partition coefficient (Wildman–Crippen LogP) is 2.24. The zero-order chi connectivity index (χ0) is 18.1. The number of anilines is 2. The van der Waals surface area contributed by atoms with Crippen molar-refractivity contribution in [1.82, 2.24) is 15.3 Å². The van der Waals surface area contributed by atoms with E-state index in [9.17, 15) is 0 Å². The molecule has 2 aliphatic rings. The number of ether oxygens (including phenoxy) is 1. The Hall–Kier alpha value is -2.34. The van der Waals surface area contributed by atoms with Crippen LogP contribution in [0.4, 0.5) is 11.5 Å². The van der Waals surface area contributed by atoms with Gasteiger partial charge in [-0.2, -0.15) is 0 Å². The Morgan fingerprint density at radius 1 is 1.15 bits per heavy atom. The van der Waals surface area contributed by atoms with Crippen LogP contribution in [0.1, 0.15) is 25.1 Å². The van der Waals surface area contributed by atoms with Crippen molar-refractivity contribution in [3.05, 3.63) is 41.9 Å². The van der Waals surface area contributed by atoms with E-state index in [0.717, 1.165) is 62.1 Å². The Balaban J connectivity index is 1.62. The minimum absolute atomic E-state index is 0.0301. The minimum atomic E-state index is -0.0301. The van der Waals surface area contributed by atoms with Crippen molar-refractivity contribution >= 4 is 11.5 Å². The normalized spacial score (nSPS) is 19.2. The van der Waals surface area contributed by atoms with Gasteiger partial charge in [0.2, 0.25) is 0 Å². The van der Waals surface area contributed by atoms with Crippen molar-refractivity contribution in [3.63, 3.8) is 0 Å². The highest BCUT2D eigenvalue weighted by Gasteiger charge is 2.36. The van der Waals surface area contributed by atoms with E-state index >= 15 is 0 Å². The maximum atomic E-state index is 5.59. The van der Waals surface area contributed by atoms with Crippen LogP contribution in [0.2, 0.25) is 0 Å². The third-order valence-corrected chi connectivity index (χ3v) is 5.43. The van der Waals surface area contributed by atoms with E-state index in [0.29, 0.717) is 0 Å². The molecule has 1 aromatic carbocycles. The second-order valence-electron chi connectivity index (χ2n) is 7.61. The van der Waals surface area contributed by atoms with Gasteiger partial charge in [-0.25, -0.2) is 9.97 Å². The van der Waals surface area contributed by atoms with Gasteiger partial charge >= 0.3 is 0 Å². The first-order valence-corrected chi connectivity index (χ1v) is 9.29. The molecule has 1 saturated heterocycles. The molecule has 6 nitrogen and oxygen atoms in total. The van der Waals surface area contributed by atoms with Crippen LogP contribution in [0.15, 0.2) is 30.6 Å². The molecular weight excluding hydrogens is 326 g/mol. The maximum Gasteiger partial charge on any atom is 0.142 e. The van der Waals surface area contributed by atoms with Gasteiger partial charge < -0.3 is 19.9 Å². The van der Waals surface area contributed by atoms with E-state index < -0.39 is 0 Å². The molecule has 0 spiro atoms. The number of nitrogens with one attached hydrogen (secondary N) is 1. The van der Waals surface area contributed by atoms with Gasteiger partial charge in [0.25, 0.3) is 0 Å². The monoisotopic (exact) mass is 353 g/mol. The van der Waals surface area contributed by atoms with E-state index in [1.54, 1.807) is 13.4 Å². The highest BCUT2D eigenvalue weighted by atomic mass is 16.5. The number of hydrogen-bond acceptors (Lipinski definition) is 6. The summed E-state index contributed by atoms with van der Waals surface area (Å²) in [6, 6.07) is 8.28. The third-order valence-electron chi connectivity index (χ3n) is 5.43. The Morgan fingerprint density at radius 3 is 2.81 bits per heavy atom. The van der Waals surface area contributed by atoms with Crippen LogP contribution in [0.25, 0.3) is 0 Å². The molecule has 138 valence electrons. The van der Waals surface area contributed by atoms with Crippen molar-refractivity contribution in [2.45, 2.75) is 32.4 Å². The maximum absolute atomic E-state index is 5.59. The topological polar surface area (TPSA) is 53.5 Å². The van der Waals surface area contributed by atoms with Gasteiger partial charge in [0.1, 0.15) is 17.9 Å². The van der Waals surface area contributed by atoms with E-state index in [1.807, 2.05) is 12.1 Å². The Bertz CT molecular complexity index is 792. The summed E-state index contributed by atoms with van der Waals surface area (Å²) in [6.45, 7) is 9.22. The second-order valence-corrected chi connectivity index (χ2v) is 7.61. The fraction of sp³-hybridized carbons (Fsp3) is 0.500. The fourth-order valence-electron chi connectivity index (χ4n) is 4.17. The number of benzene rings is 1. The molecule has 1 N–H and O–H groups in total. The van der Waals surface area contributed by atoms with Crippen LogP contribution in [0, 0.1) is 0 Å². The lowest BCUT2D eigenvalue weighted by molar-refractivity contribution is 0.387. The lowest BCUT2D eigenvalue weighted by atomic mass is 9.96. The number of aromatic nitrogens is 2. The zero-order valence-corrected chi connectivity index (χ0v) is 15.8. The van der Waals surface area contributed by atoms with Crippen LogP contribution in [0.5, 0.6) is 5.75 Å². The lowest BCUT2D eigenvalue weighted by Crippen LogP contribution is -2.60. The number of rotatable bonds is 3. The molecule has 0 radical (unpaired) electrons. The van der Waals surface area contributed by atoms with Crippen LogP contribution in [0.3, 0.4) is 0 Å². The molecule has 3 heterocycles. The van der Waals surface area contributed by atoms with Crippen molar-refractivity contribution in [1.29, 1.82) is 0 Å². The summed E-state index contributed by atoms with van der Waals surface area (Å²) >= 11 is 0. The molecule has 1 fully saturated rings. The van der Waals surface area contributed by atoms with Crippen LogP contribution in [-0.4, -0.2) is 48.8 Å². The van der Waals surface area contributed by atoms with Gasteiger partial charge in [-0.15, -0.1) is 0 Å². The number of hydrogen-bond donors (Lipinski definition) is 1. The smallest absolute Gasteiger partial charge is 0.142 e. The predicted molar refractivity (Wildman–Crippen MR) is 104 cm³/mol. The summed E-state index contributed by atoms with van der Waals surface area (Å²) in [7, 11) is 1.74. The van der Waals surface area contributed by atoms with Crippen molar-refractivity contribution in [3.8, 4) is 5.75 Å². The number of methoxy groups -OCH3 is 1. The summed E-state index contributed by atoms with van der Waals surface area (Å²) in [5.74, 6) is 2.05. The Kier molecular flexibility index (Phi) is 4.44. The summed E-state index contributed by atoms with van der Waals surface area (Å²) in [5.41, 5.74) is 3.59. The largest absolute Gasteiger partial charge is 0.495 e. The standard InChI is InChI=1S/C20H27N5O/c1-20(2)13-24(19-15-8-9-21-12-16(15)22-14-23-19)10-11-25(20)17-6-4-5-7-18(17)26-3/h4-7,14,21H,8-13H2,1-3H3. The molecule has 26 heavy (non-hydrogen) atoms. The highest BCUT2D eigenvalue weighted by Crippen LogP contribution is 2.36. The van der Waals surface area contributed by atoms with Crippen molar-refractivity contribution in [2.75, 3.05) is 43.1 Å². The summed E-state index contributed by atoms with van der Waals surface area (Å²) in [4.78, 5) is 14.0. The minimum Gasteiger partial charge on any atom is -0.495 e. The molecule has 0 amide bonds. The zero-order valence-electron chi connectivity index (χ0n) is 15.8. The molecule has 0 saturated carbocycles. The average molecular weight is 353 g/mol. The van der Waals surface area contributed by atoms with E-state index in [4.69, 9.17) is 4.74 Å². The number of nitrogens with zero attached hydrogens (tertiary/aromatic N) is 4. The van der Waals surface area contributed by atoms with Crippen LogP contribution >= 0.6 is 0 Å². The van der Waals surface area contributed by atoms with Crippen molar-refractivity contribution < 1.29 is 4.74 Å². The number of para-hydroxylation sites is 2. The third kappa shape index (κ3) is 2.98. The summed E-state index contributed by atoms with van der Waals surface area (Å²) in [5, 5.41) is 3.40. The van der Waals surface area contributed by atoms with Crippen molar-refractivity contribution in [2.24, 2.45) is 0 Å². The molecule has 6 heteroatoms. The molecule has 2 aromatic rings. The summed E-state index contributed by atoms with van der Waals surface area (Å²) in [6.07, 6.45) is 2.71. The lowest BCUT2D eigenvalue weighted by Gasteiger charge is -2.49. The highest BCUT2D eigenvalue weighted by molar-refractivity contribution is 5.62. The molecule has 4 rings (SSSR count). The number of fused-ring (bicyclic) bond motifs is 1. The Morgan fingerprint density at radius 2 is 2.00 bits per heavy atom. The van der Waals surface area contributed by atoms with Gasteiger partial charge in [-0.1, -0.05) is 12.1 Å². The molecule has 2 aliphatic heterocycles. The molecule has 0 unspecified atom stereocenters. The fourth-order valence-corrected chi connectivity index (χ4v) is 4.17. The Labute approximate surface area is 155 Å². The SMILES string of the molecule is COc1ccccc1N1CCN(c2ncnc3c2CCNC3)CC1(C)C. The molecule has 0 atom stereocenters. The van der Waals surface area contributed by atoms with E-state index in [-0.39, 0.29) is 5.54 Å². The van der Waals surface area contributed by atoms with Gasteiger partial charge in [0.15, 0.2) is 0 Å². The van der Waals surface area contributed by atoms with E-state index in [1.165, 1.54) is 5.56 Å². The van der Waals surface area contributed by atoms with Gasteiger partial charge in [0.05, 0.1) is 24.0 Å². The molecule has 1 aromatic heterocycles. The summed E-state index contributed by atoms with van der Waals surface area (Å²) < 4.78 is 5.59. The molecular formula is C20H27N5O. The second kappa shape index (κ2) is 6.76. The van der Waals surface area contributed by atoms with E-state index in [2.05, 4.69) is 51.1 Å². The first-order valence-electron chi connectivity index (χ1n) is 9.29. The molecule has 0 bridgehead atoms.